The molecule has 2 aromatic carbocycles. The lowest BCUT2D eigenvalue weighted by atomic mass is 9.97. The molecular formula is C27H26ClN5O4S. The summed E-state index contributed by atoms with van der Waals surface area (Å²) in [6.45, 7) is 3.11. The minimum atomic E-state index is -0.208. The second-order valence-corrected chi connectivity index (χ2v) is 10.0. The number of carbonyl (C=O) groups excluding carboxylic acids is 2. The van der Waals surface area contributed by atoms with Gasteiger partial charge in [-0.1, -0.05) is 53.7 Å². The molecule has 0 spiro atoms. The minimum absolute atomic E-state index is 0.166. The number of nitrogens with zero attached hydrogens (tertiary/aromatic N) is 5. The Morgan fingerprint density at radius 2 is 1.82 bits per heavy atom. The van der Waals surface area contributed by atoms with Gasteiger partial charge in [-0.3, -0.25) is 14.2 Å². The zero-order valence-electron chi connectivity index (χ0n) is 20.7. The zero-order chi connectivity index (χ0) is 26.5. The second kappa shape index (κ2) is 11.8. The van der Waals surface area contributed by atoms with Gasteiger partial charge in [0.2, 0.25) is 5.89 Å². The van der Waals surface area contributed by atoms with Gasteiger partial charge in [-0.05, 0) is 44.0 Å². The third kappa shape index (κ3) is 5.61. The van der Waals surface area contributed by atoms with Crippen LogP contribution in [0.5, 0.6) is 0 Å². The van der Waals surface area contributed by atoms with E-state index in [0.29, 0.717) is 60.2 Å². The molecule has 1 aliphatic heterocycles. The monoisotopic (exact) mass is 551 g/mol. The van der Waals surface area contributed by atoms with E-state index in [1.807, 2.05) is 59.2 Å². The van der Waals surface area contributed by atoms with Crippen molar-refractivity contribution in [2.24, 2.45) is 5.92 Å². The van der Waals surface area contributed by atoms with Gasteiger partial charge in [0.25, 0.3) is 5.91 Å². The Bertz CT molecular complexity index is 1420. The molecule has 1 amide bonds. The quantitative estimate of drug-likeness (QED) is 0.215. The fraction of sp³-hybridized carbons (Fsp3) is 0.296. The van der Waals surface area contributed by atoms with E-state index in [4.69, 9.17) is 20.8 Å². The molecule has 5 rings (SSSR count). The Labute approximate surface area is 229 Å². The largest absolute Gasteiger partial charge is 0.466 e. The topological polar surface area (TPSA) is 103 Å². The molecule has 38 heavy (non-hydrogen) atoms. The summed E-state index contributed by atoms with van der Waals surface area (Å²) < 4.78 is 12.7. The summed E-state index contributed by atoms with van der Waals surface area (Å²) in [6.07, 6.45) is 2.54. The van der Waals surface area contributed by atoms with Crippen molar-refractivity contribution < 1.29 is 18.7 Å². The number of para-hydroxylation sites is 1. The normalized spacial score (nSPS) is 14.0. The number of esters is 1. The first-order chi connectivity index (χ1) is 18.5. The van der Waals surface area contributed by atoms with Crippen LogP contribution in [0.3, 0.4) is 0 Å². The summed E-state index contributed by atoms with van der Waals surface area (Å²) in [5.41, 5.74) is 1.91. The highest BCUT2D eigenvalue weighted by molar-refractivity contribution is 7.98. The van der Waals surface area contributed by atoms with Crippen molar-refractivity contribution in [1.82, 2.24) is 24.6 Å². The Morgan fingerprint density at radius 1 is 1.08 bits per heavy atom. The summed E-state index contributed by atoms with van der Waals surface area (Å²) in [5.74, 6) is 0.814. The molecule has 0 saturated carbocycles. The maximum atomic E-state index is 13.0. The highest BCUT2D eigenvalue weighted by Crippen LogP contribution is 2.33. The van der Waals surface area contributed by atoms with Crippen LogP contribution < -0.4 is 0 Å². The van der Waals surface area contributed by atoms with E-state index >= 15 is 0 Å². The van der Waals surface area contributed by atoms with E-state index in [2.05, 4.69) is 15.2 Å². The molecule has 11 heteroatoms. The summed E-state index contributed by atoms with van der Waals surface area (Å²) in [6, 6.07) is 17.3. The molecule has 0 bridgehead atoms. The van der Waals surface area contributed by atoms with E-state index in [1.165, 1.54) is 18.0 Å². The highest BCUT2D eigenvalue weighted by Gasteiger charge is 2.30. The van der Waals surface area contributed by atoms with Gasteiger partial charge in [-0.2, -0.15) is 0 Å². The number of amides is 1. The van der Waals surface area contributed by atoms with E-state index < -0.39 is 0 Å². The van der Waals surface area contributed by atoms with Gasteiger partial charge in [0.1, 0.15) is 6.26 Å². The van der Waals surface area contributed by atoms with Crippen LogP contribution in [0.25, 0.3) is 17.1 Å². The lowest BCUT2D eigenvalue weighted by Crippen LogP contribution is -2.40. The molecule has 1 aliphatic rings. The van der Waals surface area contributed by atoms with Crippen LogP contribution in [0.2, 0.25) is 5.02 Å². The molecule has 1 saturated heterocycles. The number of benzene rings is 2. The summed E-state index contributed by atoms with van der Waals surface area (Å²) in [4.78, 5) is 31.1. The smallest absolute Gasteiger partial charge is 0.309 e. The number of piperidine rings is 1. The number of aromatic nitrogens is 4. The van der Waals surface area contributed by atoms with Crippen LogP contribution >= 0.6 is 23.4 Å². The molecule has 9 nitrogen and oxygen atoms in total. The Hall–Kier alpha value is -3.63. The third-order valence-electron chi connectivity index (χ3n) is 6.26. The van der Waals surface area contributed by atoms with Gasteiger partial charge < -0.3 is 14.1 Å². The minimum Gasteiger partial charge on any atom is -0.466 e. The average Bonchev–Trinajstić information content (AvgIpc) is 3.60. The van der Waals surface area contributed by atoms with Crippen LogP contribution in [0.1, 0.15) is 36.1 Å². The van der Waals surface area contributed by atoms with Gasteiger partial charge in [-0.15, -0.1) is 10.2 Å². The molecule has 4 aromatic rings. The van der Waals surface area contributed by atoms with Crippen molar-refractivity contribution >= 4 is 35.2 Å². The van der Waals surface area contributed by atoms with Gasteiger partial charge >= 0.3 is 5.97 Å². The molecule has 0 unspecified atom stereocenters. The standard InChI is InChI=1S/C27H26ClN5O4S/c1-2-36-26(35)18-12-14-32(15-13-18)25(34)22-16-37-23(29-22)17-38-27-31-30-24(20-10-6-7-11-21(20)28)33(27)19-8-4-3-5-9-19/h3-11,16,18H,2,12-15,17H2,1H3. The lowest BCUT2D eigenvalue weighted by molar-refractivity contribution is -0.149. The number of hydrogen-bond donors (Lipinski definition) is 0. The number of halogens is 1. The number of carbonyl (C=O) groups is 2. The number of likely N-dealkylation sites (tertiary alicyclic amines) is 1. The third-order valence-corrected chi connectivity index (χ3v) is 7.50. The van der Waals surface area contributed by atoms with Crippen molar-refractivity contribution in [2.45, 2.75) is 30.7 Å². The van der Waals surface area contributed by atoms with Crippen LogP contribution in [0, 0.1) is 5.92 Å². The number of hydrogen-bond acceptors (Lipinski definition) is 8. The first-order valence-electron chi connectivity index (χ1n) is 12.3. The van der Waals surface area contributed by atoms with Crippen molar-refractivity contribution in [1.29, 1.82) is 0 Å². The first-order valence-corrected chi connectivity index (χ1v) is 13.7. The molecule has 0 atom stereocenters. The maximum absolute atomic E-state index is 13.0. The zero-order valence-corrected chi connectivity index (χ0v) is 22.3. The molecule has 1 fully saturated rings. The summed E-state index contributed by atoms with van der Waals surface area (Å²) >= 11 is 7.86. The summed E-state index contributed by atoms with van der Waals surface area (Å²) in [7, 11) is 0. The fourth-order valence-corrected chi connectivity index (χ4v) is 5.36. The second-order valence-electron chi connectivity index (χ2n) is 8.69. The molecule has 3 heterocycles. The van der Waals surface area contributed by atoms with Crippen LogP contribution in [0.4, 0.5) is 0 Å². The van der Waals surface area contributed by atoms with Crippen molar-refractivity contribution in [3.63, 3.8) is 0 Å². The maximum Gasteiger partial charge on any atom is 0.309 e. The van der Waals surface area contributed by atoms with Gasteiger partial charge in [0.05, 0.1) is 23.3 Å². The predicted molar refractivity (Wildman–Crippen MR) is 143 cm³/mol. The van der Waals surface area contributed by atoms with E-state index in [-0.39, 0.29) is 23.5 Å². The molecule has 196 valence electrons. The highest BCUT2D eigenvalue weighted by atomic mass is 35.5. The average molecular weight is 552 g/mol. The molecule has 0 aliphatic carbocycles. The van der Waals surface area contributed by atoms with Crippen molar-refractivity contribution in [3.8, 4) is 17.1 Å². The van der Waals surface area contributed by atoms with Crippen molar-refractivity contribution in [2.75, 3.05) is 19.7 Å². The number of thioether (sulfide) groups is 1. The van der Waals surface area contributed by atoms with Crippen LogP contribution in [-0.2, 0) is 15.3 Å². The lowest BCUT2D eigenvalue weighted by Gasteiger charge is -2.30. The Kier molecular flexibility index (Phi) is 8.09. The van der Waals surface area contributed by atoms with E-state index in [0.717, 1.165) is 11.3 Å². The Balaban J connectivity index is 1.28. The van der Waals surface area contributed by atoms with E-state index in [9.17, 15) is 9.59 Å². The predicted octanol–water partition coefficient (Wildman–Crippen LogP) is 5.28. The van der Waals surface area contributed by atoms with E-state index in [1.54, 1.807) is 11.8 Å². The number of ether oxygens (including phenoxy) is 1. The van der Waals surface area contributed by atoms with Crippen LogP contribution in [0.15, 0.2) is 70.4 Å². The number of rotatable bonds is 8. The van der Waals surface area contributed by atoms with Gasteiger partial charge in [0.15, 0.2) is 16.7 Å². The fourth-order valence-electron chi connectivity index (χ4n) is 4.33. The molecular weight excluding hydrogens is 526 g/mol. The molecule has 0 N–H and O–H groups in total. The van der Waals surface area contributed by atoms with Gasteiger partial charge in [-0.25, -0.2) is 4.98 Å². The van der Waals surface area contributed by atoms with Gasteiger partial charge in [0, 0.05) is 24.3 Å². The number of oxazole rings is 1. The summed E-state index contributed by atoms with van der Waals surface area (Å²) in [5, 5.41) is 10.0. The van der Waals surface area contributed by atoms with Crippen molar-refractivity contribution in [3.05, 3.63) is 77.5 Å². The molecule has 0 radical (unpaired) electrons. The Morgan fingerprint density at radius 3 is 2.55 bits per heavy atom. The van der Waals surface area contributed by atoms with Crippen LogP contribution in [-0.4, -0.2) is 56.2 Å². The SMILES string of the molecule is CCOC(=O)C1CCN(C(=O)c2coc(CSc3nnc(-c4ccccc4Cl)n3-c3ccccc3)n2)CC1. The molecule has 2 aromatic heterocycles. The first kappa shape index (κ1) is 26.0.